The zero-order valence-electron chi connectivity index (χ0n) is 15.6. The summed E-state index contributed by atoms with van der Waals surface area (Å²) in [5.74, 6) is -2.12. The molecular formula is C20H21F3N2O4. The average Bonchev–Trinajstić information content (AvgIpc) is 2.68. The van der Waals surface area contributed by atoms with Crippen molar-refractivity contribution in [1.29, 1.82) is 0 Å². The standard InChI is InChI=1S/C20H21F3N2O4/c1-13-5-7-14(8-6-13)17(29-10-9-26)12-24-18(27)19(28)25-16-4-2-3-15(11-16)20(21,22)23/h2-8,11,17,26H,9-10,12H2,1H3,(H,24,27)(H,25,28). The van der Waals surface area contributed by atoms with Crippen LogP contribution in [0.15, 0.2) is 48.5 Å². The van der Waals surface area contributed by atoms with Crippen molar-refractivity contribution in [2.24, 2.45) is 0 Å². The fourth-order valence-corrected chi connectivity index (χ4v) is 2.48. The van der Waals surface area contributed by atoms with Gasteiger partial charge in [0.1, 0.15) is 0 Å². The number of carbonyl (C=O) groups is 2. The van der Waals surface area contributed by atoms with Gasteiger partial charge in [0.15, 0.2) is 0 Å². The van der Waals surface area contributed by atoms with E-state index < -0.39 is 29.7 Å². The van der Waals surface area contributed by atoms with E-state index >= 15 is 0 Å². The van der Waals surface area contributed by atoms with Crippen molar-refractivity contribution >= 4 is 17.5 Å². The summed E-state index contributed by atoms with van der Waals surface area (Å²) < 4.78 is 43.7. The fraction of sp³-hybridized carbons (Fsp3) is 0.300. The van der Waals surface area contributed by atoms with Crippen LogP contribution < -0.4 is 10.6 Å². The van der Waals surface area contributed by atoms with Crippen molar-refractivity contribution in [3.05, 3.63) is 65.2 Å². The number of benzene rings is 2. The van der Waals surface area contributed by atoms with Gasteiger partial charge in [-0.2, -0.15) is 13.2 Å². The minimum absolute atomic E-state index is 0.0326. The zero-order valence-corrected chi connectivity index (χ0v) is 15.6. The Labute approximate surface area is 165 Å². The van der Waals surface area contributed by atoms with Gasteiger partial charge in [0, 0.05) is 12.2 Å². The summed E-state index contributed by atoms with van der Waals surface area (Å²) in [4.78, 5) is 24.0. The highest BCUT2D eigenvalue weighted by Crippen LogP contribution is 2.30. The van der Waals surface area contributed by atoms with E-state index in [1.807, 2.05) is 19.1 Å². The third-order valence-electron chi connectivity index (χ3n) is 3.96. The largest absolute Gasteiger partial charge is 0.416 e. The molecule has 0 fully saturated rings. The predicted octanol–water partition coefficient (Wildman–Crippen LogP) is 2.82. The second-order valence-electron chi connectivity index (χ2n) is 6.24. The number of alkyl halides is 3. The van der Waals surface area contributed by atoms with E-state index in [4.69, 9.17) is 9.84 Å². The molecule has 0 radical (unpaired) electrons. The van der Waals surface area contributed by atoms with Crippen LogP contribution in [-0.2, 0) is 20.5 Å². The molecule has 0 aromatic heterocycles. The first kappa shape index (κ1) is 22.4. The first-order valence-electron chi connectivity index (χ1n) is 8.76. The van der Waals surface area contributed by atoms with E-state index in [9.17, 15) is 22.8 Å². The van der Waals surface area contributed by atoms with Gasteiger partial charge in [-0.1, -0.05) is 35.9 Å². The molecule has 2 aromatic rings. The van der Waals surface area contributed by atoms with E-state index in [1.165, 1.54) is 6.07 Å². The second-order valence-corrected chi connectivity index (χ2v) is 6.24. The molecule has 2 amide bonds. The molecule has 2 rings (SSSR count). The molecule has 0 aliphatic heterocycles. The quantitative estimate of drug-likeness (QED) is 0.613. The number of anilines is 1. The summed E-state index contributed by atoms with van der Waals surface area (Å²) in [6.07, 6.45) is -5.16. The Balaban J connectivity index is 1.98. The molecule has 0 saturated carbocycles. The minimum Gasteiger partial charge on any atom is -0.394 e. The van der Waals surface area contributed by atoms with Crippen molar-refractivity contribution in [2.45, 2.75) is 19.2 Å². The lowest BCUT2D eigenvalue weighted by Gasteiger charge is -2.19. The van der Waals surface area contributed by atoms with Crippen molar-refractivity contribution < 1.29 is 32.6 Å². The number of rotatable bonds is 7. The fourth-order valence-electron chi connectivity index (χ4n) is 2.48. The maximum absolute atomic E-state index is 12.7. The van der Waals surface area contributed by atoms with Gasteiger partial charge in [-0.3, -0.25) is 9.59 Å². The number of halogens is 3. The molecule has 0 spiro atoms. The monoisotopic (exact) mass is 410 g/mol. The molecule has 0 aliphatic carbocycles. The number of ether oxygens (including phenoxy) is 1. The highest BCUT2D eigenvalue weighted by molar-refractivity contribution is 6.39. The molecule has 0 aliphatic rings. The van der Waals surface area contributed by atoms with E-state index in [-0.39, 0.29) is 25.4 Å². The van der Waals surface area contributed by atoms with Crippen LogP contribution in [0.25, 0.3) is 0 Å². The zero-order chi connectivity index (χ0) is 21.4. The second kappa shape index (κ2) is 10.0. The molecule has 0 saturated heterocycles. The summed E-state index contributed by atoms with van der Waals surface area (Å²) in [5.41, 5.74) is 0.681. The number of aliphatic hydroxyl groups excluding tert-OH is 1. The van der Waals surface area contributed by atoms with Crippen LogP contribution in [0.3, 0.4) is 0 Å². The molecule has 1 atom stereocenters. The van der Waals surface area contributed by atoms with E-state index in [0.29, 0.717) is 0 Å². The Bertz CT molecular complexity index is 838. The maximum Gasteiger partial charge on any atom is 0.416 e. The molecule has 2 aromatic carbocycles. The Morgan fingerprint density at radius 1 is 1.10 bits per heavy atom. The maximum atomic E-state index is 12.7. The highest BCUT2D eigenvalue weighted by atomic mass is 19.4. The summed E-state index contributed by atoms with van der Waals surface area (Å²) in [6.45, 7) is 1.67. The van der Waals surface area contributed by atoms with Gasteiger partial charge in [0.05, 0.1) is 24.9 Å². The highest BCUT2D eigenvalue weighted by Gasteiger charge is 2.30. The third kappa shape index (κ3) is 6.88. The lowest BCUT2D eigenvalue weighted by Crippen LogP contribution is -2.38. The third-order valence-corrected chi connectivity index (χ3v) is 3.96. The van der Waals surface area contributed by atoms with Crippen LogP contribution in [0.5, 0.6) is 0 Å². The number of nitrogens with one attached hydrogen (secondary N) is 2. The van der Waals surface area contributed by atoms with Crippen LogP contribution in [0.4, 0.5) is 18.9 Å². The van der Waals surface area contributed by atoms with E-state index in [1.54, 1.807) is 12.1 Å². The molecule has 9 heteroatoms. The number of carbonyl (C=O) groups excluding carboxylic acids is 2. The number of hydrogen-bond acceptors (Lipinski definition) is 4. The molecule has 156 valence electrons. The van der Waals surface area contributed by atoms with Crippen LogP contribution in [0.2, 0.25) is 0 Å². The van der Waals surface area contributed by atoms with Crippen molar-refractivity contribution in [1.82, 2.24) is 5.32 Å². The van der Waals surface area contributed by atoms with Crippen LogP contribution in [0.1, 0.15) is 22.8 Å². The molecule has 0 heterocycles. The number of hydrogen-bond donors (Lipinski definition) is 3. The molecule has 29 heavy (non-hydrogen) atoms. The molecular weight excluding hydrogens is 389 g/mol. The van der Waals surface area contributed by atoms with Gasteiger partial charge in [-0.05, 0) is 30.7 Å². The Kier molecular flexibility index (Phi) is 7.74. The van der Waals surface area contributed by atoms with Crippen LogP contribution in [-0.4, -0.2) is 36.7 Å². The lowest BCUT2D eigenvalue weighted by molar-refractivity contribution is -0.137. The topological polar surface area (TPSA) is 87.7 Å². The SMILES string of the molecule is Cc1ccc(C(CNC(=O)C(=O)Nc2cccc(C(F)(F)F)c2)OCCO)cc1. The minimum atomic E-state index is -4.56. The predicted molar refractivity (Wildman–Crippen MR) is 100 cm³/mol. The van der Waals surface area contributed by atoms with E-state index in [0.717, 1.165) is 29.3 Å². The molecule has 1 unspecified atom stereocenters. The van der Waals surface area contributed by atoms with Crippen LogP contribution in [0, 0.1) is 6.92 Å². The summed E-state index contributed by atoms with van der Waals surface area (Å²) in [6, 6.07) is 11.3. The Hall–Kier alpha value is -2.91. The van der Waals surface area contributed by atoms with Gasteiger partial charge in [-0.25, -0.2) is 0 Å². The average molecular weight is 410 g/mol. The summed E-state index contributed by atoms with van der Waals surface area (Å²) in [5, 5.41) is 13.5. The lowest BCUT2D eigenvalue weighted by atomic mass is 10.1. The first-order chi connectivity index (χ1) is 13.7. The number of amides is 2. The Morgan fingerprint density at radius 2 is 1.79 bits per heavy atom. The molecule has 3 N–H and O–H groups in total. The number of aryl methyl sites for hydroxylation is 1. The van der Waals surface area contributed by atoms with Gasteiger partial charge < -0.3 is 20.5 Å². The Morgan fingerprint density at radius 3 is 2.41 bits per heavy atom. The smallest absolute Gasteiger partial charge is 0.394 e. The van der Waals surface area contributed by atoms with Crippen molar-refractivity contribution in [3.63, 3.8) is 0 Å². The van der Waals surface area contributed by atoms with Gasteiger partial charge in [-0.15, -0.1) is 0 Å². The van der Waals surface area contributed by atoms with Crippen molar-refractivity contribution in [2.75, 3.05) is 25.1 Å². The van der Waals surface area contributed by atoms with Gasteiger partial charge in [0.2, 0.25) is 0 Å². The molecule has 0 bridgehead atoms. The number of aliphatic hydroxyl groups is 1. The van der Waals surface area contributed by atoms with Gasteiger partial charge in [0.25, 0.3) is 0 Å². The summed E-state index contributed by atoms with van der Waals surface area (Å²) in [7, 11) is 0. The van der Waals surface area contributed by atoms with Gasteiger partial charge >= 0.3 is 18.0 Å². The normalized spacial score (nSPS) is 12.3. The van der Waals surface area contributed by atoms with E-state index in [2.05, 4.69) is 10.6 Å². The van der Waals surface area contributed by atoms with Crippen LogP contribution >= 0.6 is 0 Å². The summed E-state index contributed by atoms with van der Waals surface area (Å²) >= 11 is 0. The first-order valence-corrected chi connectivity index (χ1v) is 8.76. The molecule has 6 nitrogen and oxygen atoms in total. The van der Waals surface area contributed by atoms with Crippen molar-refractivity contribution in [3.8, 4) is 0 Å².